The first-order valence-electron chi connectivity index (χ1n) is 10.2. The van der Waals surface area contributed by atoms with Crippen molar-refractivity contribution in [2.45, 2.75) is 51.3 Å². The van der Waals surface area contributed by atoms with Gasteiger partial charge < -0.3 is 10.4 Å². The van der Waals surface area contributed by atoms with Crippen molar-refractivity contribution in [3.63, 3.8) is 0 Å². The van der Waals surface area contributed by atoms with E-state index in [2.05, 4.69) is 44.5 Å². The number of aryl methyl sites for hydroxylation is 2. The third-order valence-corrected chi connectivity index (χ3v) is 7.22. The van der Waals surface area contributed by atoms with Crippen LogP contribution < -0.4 is 5.32 Å². The average molecular weight is 395 g/mol. The number of aliphatic hydroxyl groups excluding tert-OH is 1. The molecule has 1 aliphatic heterocycles. The van der Waals surface area contributed by atoms with Gasteiger partial charge in [0.2, 0.25) is 0 Å². The molecule has 1 aromatic carbocycles. The first kappa shape index (κ1) is 18.0. The highest BCUT2D eigenvalue weighted by molar-refractivity contribution is 7.19. The highest BCUT2D eigenvalue weighted by Crippen LogP contribution is 2.39. The number of thiophene rings is 1. The Balaban J connectivity index is 1.34. The zero-order valence-corrected chi connectivity index (χ0v) is 16.8. The maximum Gasteiger partial charge on any atom is 0.138 e. The van der Waals surface area contributed by atoms with Crippen LogP contribution in [-0.2, 0) is 25.9 Å². The molecule has 3 aromatic rings. The monoisotopic (exact) mass is 394 g/mol. The lowest BCUT2D eigenvalue weighted by molar-refractivity contribution is 0.0791. The summed E-state index contributed by atoms with van der Waals surface area (Å²) in [6.07, 6.45) is 6.89. The molecule has 0 spiro atoms. The number of likely N-dealkylation sites (tertiary alicyclic amines) is 1. The van der Waals surface area contributed by atoms with Crippen LogP contribution in [-0.4, -0.2) is 39.2 Å². The van der Waals surface area contributed by atoms with Crippen LogP contribution in [0.2, 0.25) is 0 Å². The lowest BCUT2D eigenvalue weighted by Crippen LogP contribution is -2.35. The molecule has 0 radical (unpaired) electrons. The topological polar surface area (TPSA) is 61.3 Å². The summed E-state index contributed by atoms with van der Waals surface area (Å²) in [6.45, 7) is 3.65. The third kappa shape index (κ3) is 3.52. The van der Waals surface area contributed by atoms with Gasteiger partial charge in [-0.15, -0.1) is 11.3 Å². The molecule has 0 bridgehead atoms. The van der Waals surface area contributed by atoms with E-state index in [1.165, 1.54) is 39.8 Å². The Morgan fingerprint density at radius 1 is 1.11 bits per heavy atom. The quantitative estimate of drug-likeness (QED) is 0.690. The molecule has 5 nitrogen and oxygen atoms in total. The third-order valence-electron chi connectivity index (χ3n) is 6.02. The fraction of sp³-hybridized carbons (Fsp3) is 0.455. The number of anilines is 1. The molecule has 1 fully saturated rings. The molecule has 28 heavy (non-hydrogen) atoms. The minimum Gasteiger partial charge on any atom is -0.393 e. The van der Waals surface area contributed by atoms with Gasteiger partial charge >= 0.3 is 0 Å². The van der Waals surface area contributed by atoms with Gasteiger partial charge in [-0.05, 0) is 48.8 Å². The number of nitrogens with one attached hydrogen (secondary N) is 1. The molecule has 5 rings (SSSR count). The number of hydrogen-bond donors (Lipinski definition) is 2. The number of hydrogen-bond acceptors (Lipinski definition) is 6. The van der Waals surface area contributed by atoms with Crippen LogP contribution in [0.1, 0.15) is 40.8 Å². The maximum absolute atomic E-state index is 9.75. The molecular formula is C22H26N4OS. The second kappa shape index (κ2) is 7.78. The number of aromatic nitrogens is 2. The minimum absolute atomic E-state index is 0.124. The summed E-state index contributed by atoms with van der Waals surface area (Å²) in [7, 11) is 0. The molecule has 0 amide bonds. The molecule has 2 N–H and O–H groups in total. The summed E-state index contributed by atoms with van der Waals surface area (Å²) in [5, 5.41) is 14.6. The van der Waals surface area contributed by atoms with Crippen LogP contribution in [0.25, 0.3) is 10.2 Å². The lowest BCUT2D eigenvalue weighted by atomic mass is 10.0. The van der Waals surface area contributed by atoms with Crippen molar-refractivity contribution in [2.24, 2.45) is 0 Å². The zero-order valence-electron chi connectivity index (χ0n) is 16.0. The average Bonchev–Trinajstić information content (AvgIpc) is 3.30. The molecule has 3 heterocycles. The minimum atomic E-state index is -0.124. The number of benzene rings is 1. The Morgan fingerprint density at radius 3 is 2.79 bits per heavy atom. The maximum atomic E-state index is 9.75. The standard InChI is InChI=1S/C22H26N4OS/c27-17-8-10-26(11-9-17)13-16-5-2-1-4-15(16)12-23-21-20-18-6-3-7-19(18)28-22(20)25-14-24-21/h1-2,4-5,14,17,27H,3,6-13H2,(H,23,24,25). The van der Waals surface area contributed by atoms with E-state index in [9.17, 15) is 5.11 Å². The normalized spacial score (nSPS) is 17.9. The first-order valence-corrected chi connectivity index (χ1v) is 11.1. The van der Waals surface area contributed by atoms with Crippen molar-refractivity contribution in [3.8, 4) is 0 Å². The van der Waals surface area contributed by atoms with Crippen LogP contribution >= 0.6 is 11.3 Å². The lowest BCUT2D eigenvalue weighted by Gasteiger charge is -2.30. The fourth-order valence-electron chi connectivity index (χ4n) is 4.44. The van der Waals surface area contributed by atoms with Gasteiger partial charge in [0.05, 0.1) is 11.5 Å². The summed E-state index contributed by atoms with van der Waals surface area (Å²) in [6, 6.07) is 8.65. The first-order chi connectivity index (χ1) is 13.8. The van der Waals surface area contributed by atoms with Crippen molar-refractivity contribution in [1.29, 1.82) is 0 Å². The Bertz CT molecular complexity index is 978. The Labute approximate surface area is 169 Å². The Morgan fingerprint density at radius 2 is 1.93 bits per heavy atom. The summed E-state index contributed by atoms with van der Waals surface area (Å²) < 4.78 is 0. The molecule has 1 saturated heterocycles. The summed E-state index contributed by atoms with van der Waals surface area (Å²) in [5.74, 6) is 0.972. The molecule has 0 atom stereocenters. The Kier molecular flexibility index (Phi) is 5.01. The van der Waals surface area contributed by atoms with Gasteiger partial charge in [-0.2, -0.15) is 0 Å². The van der Waals surface area contributed by atoms with Gasteiger partial charge in [-0.25, -0.2) is 9.97 Å². The van der Waals surface area contributed by atoms with E-state index in [4.69, 9.17) is 0 Å². The van der Waals surface area contributed by atoms with Crippen molar-refractivity contribution in [2.75, 3.05) is 18.4 Å². The predicted molar refractivity (Wildman–Crippen MR) is 114 cm³/mol. The van der Waals surface area contributed by atoms with Gasteiger partial charge in [0.25, 0.3) is 0 Å². The van der Waals surface area contributed by atoms with Crippen molar-refractivity contribution >= 4 is 27.4 Å². The van der Waals surface area contributed by atoms with E-state index < -0.39 is 0 Å². The molecule has 146 valence electrons. The number of piperidine rings is 1. The number of fused-ring (bicyclic) bond motifs is 3. The van der Waals surface area contributed by atoms with E-state index in [1.54, 1.807) is 6.33 Å². The van der Waals surface area contributed by atoms with E-state index in [0.29, 0.717) is 0 Å². The van der Waals surface area contributed by atoms with Gasteiger partial charge in [0.1, 0.15) is 17.0 Å². The summed E-state index contributed by atoms with van der Waals surface area (Å²) in [4.78, 5) is 14.1. The molecule has 6 heteroatoms. The molecular weight excluding hydrogens is 368 g/mol. The van der Waals surface area contributed by atoms with Crippen molar-refractivity contribution < 1.29 is 5.11 Å². The predicted octanol–water partition coefficient (Wildman–Crippen LogP) is 3.75. The van der Waals surface area contributed by atoms with Crippen LogP contribution in [0, 0.1) is 0 Å². The smallest absolute Gasteiger partial charge is 0.138 e. The number of nitrogens with zero attached hydrogens (tertiary/aromatic N) is 3. The molecule has 2 aromatic heterocycles. The number of rotatable bonds is 5. The van der Waals surface area contributed by atoms with Gasteiger partial charge in [0, 0.05) is 31.1 Å². The van der Waals surface area contributed by atoms with Crippen LogP contribution in [0.15, 0.2) is 30.6 Å². The van der Waals surface area contributed by atoms with Gasteiger partial charge in [-0.3, -0.25) is 4.90 Å². The van der Waals surface area contributed by atoms with E-state index in [-0.39, 0.29) is 6.10 Å². The van der Waals surface area contributed by atoms with E-state index in [0.717, 1.165) is 56.1 Å². The van der Waals surface area contributed by atoms with Gasteiger partial charge in [0.15, 0.2) is 0 Å². The molecule has 1 aliphatic carbocycles. The van der Waals surface area contributed by atoms with Crippen LogP contribution in [0.3, 0.4) is 0 Å². The van der Waals surface area contributed by atoms with E-state index >= 15 is 0 Å². The van der Waals surface area contributed by atoms with Crippen molar-refractivity contribution in [1.82, 2.24) is 14.9 Å². The van der Waals surface area contributed by atoms with Crippen LogP contribution in [0.4, 0.5) is 5.82 Å². The highest BCUT2D eigenvalue weighted by Gasteiger charge is 2.21. The molecule has 0 saturated carbocycles. The highest BCUT2D eigenvalue weighted by atomic mass is 32.1. The summed E-state index contributed by atoms with van der Waals surface area (Å²) in [5.41, 5.74) is 4.13. The largest absolute Gasteiger partial charge is 0.393 e. The SMILES string of the molecule is OC1CCN(Cc2ccccc2CNc2ncnc3sc4c(c23)CCC4)CC1. The molecule has 2 aliphatic rings. The Hall–Kier alpha value is -2.02. The number of aliphatic hydroxyl groups is 1. The van der Waals surface area contributed by atoms with Gasteiger partial charge in [-0.1, -0.05) is 24.3 Å². The van der Waals surface area contributed by atoms with E-state index in [1.807, 2.05) is 11.3 Å². The second-order valence-corrected chi connectivity index (χ2v) is 8.97. The zero-order chi connectivity index (χ0) is 18.9. The fourth-order valence-corrected chi connectivity index (χ4v) is 5.67. The molecule has 0 unspecified atom stereocenters. The van der Waals surface area contributed by atoms with Crippen molar-refractivity contribution in [3.05, 3.63) is 52.2 Å². The second-order valence-electron chi connectivity index (χ2n) is 7.89. The van der Waals surface area contributed by atoms with Crippen LogP contribution in [0.5, 0.6) is 0 Å². The summed E-state index contributed by atoms with van der Waals surface area (Å²) >= 11 is 1.83.